The monoisotopic (exact) mass is 385 g/mol. The van der Waals surface area contributed by atoms with Crippen molar-refractivity contribution in [3.63, 3.8) is 0 Å². The zero-order valence-electron chi connectivity index (χ0n) is 15.3. The van der Waals surface area contributed by atoms with Gasteiger partial charge in [0.1, 0.15) is 0 Å². The maximum absolute atomic E-state index is 12.8. The number of benzene rings is 2. The van der Waals surface area contributed by atoms with Crippen LogP contribution in [-0.4, -0.2) is 36.7 Å². The van der Waals surface area contributed by atoms with Crippen molar-refractivity contribution in [1.82, 2.24) is 9.55 Å². The molecule has 0 fully saturated rings. The molecule has 0 aliphatic rings. The molecule has 0 saturated carbocycles. The number of aromatic nitrogens is 2. The number of carbonyl (C=O) groups is 1. The number of nitrogens with zero attached hydrogens (tertiary/aromatic N) is 3. The van der Waals surface area contributed by atoms with Gasteiger partial charge < -0.3 is 14.0 Å². The highest BCUT2D eigenvalue weighted by atomic mass is 35.5. The van der Waals surface area contributed by atoms with E-state index >= 15 is 0 Å². The second kappa shape index (κ2) is 8.14. The van der Waals surface area contributed by atoms with Gasteiger partial charge in [0.15, 0.2) is 17.3 Å². The van der Waals surface area contributed by atoms with E-state index in [0.29, 0.717) is 34.4 Å². The van der Waals surface area contributed by atoms with Crippen LogP contribution < -0.4 is 14.4 Å². The zero-order valence-corrected chi connectivity index (χ0v) is 16.1. The van der Waals surface area contributed by atoms with Crippen molar-refractivity contribution in [2.75, 3.05) is 26.2 Å². The molecular formula is C20H20ClN3O3. The highest BCUT2D eigenvalue weighted by Gasteiger charge is 2.18. The first-order valence-electron chi connectivity index (χ1n) is 8.28. The Kier molecular flexibility index (Phi) is 5.66. The largest absolute Gasteiger partial charge is 0.493 e. The second-order valence-corrected chi connectivity index (χ2v) is 6.40. The Morgan fingerprint density at radius 1 is 1.15 bits per heavy atom. The third kappa shape index (κ3) is 4.23. The van der Waals surface area contributed by atoms with Gasteiger partial charge in [-0.1, -0.05) is 23.7 Å². The Morgan fingerprint density at radius 2 is 1.93 bits per heavy atom. The van der Waals surface area contributed by atoms with E-state index in [0.717, 1.165) is 5.56 Å². The zero-order chi connectivity index (χ0) is 19.4. The van der Waals surface area contributed by atoms with Gasteiger partial charge in [-0.25, -0.2) is 4.98 Å². The van der Waals surface area contributed by atoms with Crippen molar-refractivity contribution in [3.05, 3.63) is 71.1 Å². The minimum Gasteiger partial charge on any atom is -0.493 e. The molecule has 3 rings (SSSR count). The molecule has 0 aliphatic heterocycles. The van der Waals surface area contributed by atoms with Crippen molar-refractivity contribution in [2.45, 2.75) is 6.54 Å². The molecule has 2 aromatic carbocycles. The normalized spacial score (nSPS) is 10.5. The van der Waals surface area contributed by atoms with Crippen LogP contribution in [0.3, 0.4) is 0 Å². The molecule has 140 valence electrons. The van der Waals surface area contributed by atoms with Gasteiger partial charge in [-0.05, 0) is 35.9 Å². The summed E-state index contributed by atoms with van der Waals surface area (Å²) in [7, 11) is 4.77. The lowest BCUT2D eigenvalue weighted by Crippen LogP contribution is -2.26. The molecule has 0 spiro atoms. The lowest BCUT2D eigenvalue weighted by atomic mass is 10.2. The number of rotatable bonds is 6. The summed E-state index contributed by atoms with van der Waals surface area (Å²) in [4.78, 5) is 18.6. The van der Waals surface area contributed by atoms with E-state index in [4.69, 9.17) is 21.1 Å². The number of amides is 1. The third-order valence-corrected chi connectivity index (χ3v) is 4.39. The van der Waals surface area contributed by atoms with Crippen molar-refractivity contribution in [3.8, 4) is 11.5 Å². The predicted molar refractivity (Wildman–Crippen MR) is 105 cm³/mol. The van der Waals surface area contributed by atoms with Crippen molar-refractivity contribution < 1.29 is 14.3 Å². The maximum atomic E-state index is 12.8. The molecule has 0 saturated heterocycles. The molecule has 7 heteroatoms. The molecule has 27 heavy (non-hydrogen) atoms. The summed E-state index contributed by atoms with van der Waals surface area (Å²) in [5, 5.41) is 0.689. The Hall–Kier alpha value is -2.99. The molecule has 1 aromatic heterocycles. The Balaban J connectivity index is 1.77. The van der Waals surface area contributed by atoms with E-state index in [1.807, 2.05) is 35.0 Å². The number of anilines is 1. The van der Waals surface area contributed by atoms with Gasteiger partial charge in [0, 0.05) is 30.4 Å². The van der Waals surface area contributed by atoms with Crippen LogP contribution in [0.2, 0.25) is 5.02 Å². The van der Waals surface area contributed by atoms with E-state index in [1.54, 1.807) is 38.7 Å². The molecule has 0 radical (unpaired) electrons. The Labute approximate surface area is 162 Å². The topological polar surface area (TPSA) is 56.6 Å². The first-order valence-corrected chi connectivity index (χ1v) is 8.66. The number of carbonyl (C=O) groups excluding carboxylic acids is 1. The van der Waals surface area contributed by atoms with E-state index in [1.165, 1.54) is 12.0 Å². The molecule has 1 amide bonds. The number of methoxy groups -OCH3 is 2. The number of hydrogen-bond acceptors (Lipinski definition) is 4. The first kappa shape index (κ1) is 18.8. The summed E-state index contributed by atoms with van der Waals surface area (Å²) in [6.45, 7) is 0.617. The Bertz CT molecular complexity index is 955. The highest BCUT2D eigenvalue weighted by Crippen LogP contribution is 2.28. The fourth-order valence-electron chi connectivity index (χ4n) is 2.72. The summed E-state index contributed by atoms with van der Waals surface area (Å²) < 4.78 is 12.4. The molecule has 0 N–H and O–H groups in total. The molecule has 0 aliphatic carbocycles. The van der Waals surface area contributed by atoms with Crippen LogP contribution in [0.1, 0.15) is 15.9 Å². The summed E-state index contributed by atoms with van der Waals surface area (Å²) in [5.74, 6) is 1.44. The van der Waals surface area contributed by atoms with E-state index in [9.17, 15) is 4.79 Å². The van der Waals surface area contributed by atoms with Gasteiger partial charge in [-0.3, -0.25) is 9.69 Å². The van der Waals surface area contributed by atoms with Crippen LogP contribution in [0.25, 0.3) is 0 Å². The molecule has 6 nitrogen and oxygen atoms in total. The van der Waals surface area contributed by atoms with Crippen LogP contribution in [0.15, 0.2) is 55.0 Å². The standard InChI is InChI=1S/C20H20ClN3O3/c1-23(20(25)15-7-8-17(26-2)18(10-15)27-3)19-12-24(13-22-19)11-14-5-4-6-16(21)9-14/h4-10,12-13H,11H2,1-3H3. The van der Waals surface area contributed by atoms with Crippen molar-refractivity contribution in [2.24, 2.45) is 0 Å². The maximum Gasteiger partial charge on any atom is 0.259 e. The fourth-order valence-corrected chi connectivity index (χ4v) is 2.93. The van der Waals surface area contributed by atoms with E-state index in [-0.39, 0.29) is 5.91 Å². The van der Waals surface area contributed by atoms with Crippen LogP contribution in [0.4, 0.5) is 5.82 Å². The molecule has 0 bridgehead atoms. The van der Waals surface area contributed by atoms with Gasteiger partial charge in [-0.15, -0.1) is 0 Å². The average Bonchev–Trinajstić information content (AvgIpc) is 3.14. The minimum atomic E-state index is -0.191. The van der Waals surface area contributed by atoms with Gasteiger partial charge in [-0.2, -0.15) is 0 Å². The molecular weight excluding hydrogens is 366 g/mol. The number of halogens is 1. The van der Waals surface area contributed by atoms with Gasteiger partial charge in [0.2, 0.25) is 0 Å². The molecule has 0 unspecified atom stereocenters. The van der Waals surface area contributed by atoms with Crippen molar-refractivity contribution in [1.29, 1.82) is 0 Å². The summed E-state index contributed by atoms with van der Waals surface area (Å²) in [6.07, 6.45) is 3.51. The van der Waals surface area contributed by atoms with Crippen LogP contribution in [-0.2, 0) is 6.54 Å². The van der Waals surface area contributed by atoms with Gasteiger partial charge in [0.25, 0.3) is 5.91 Å². The van der Waals surface area contributed by atoms with Crippen molar-refractivity contribution >= 4 is 23.3 Å². The number of ether oxygens (including phenoxy) is 2. The second-order valence-electron chi connectivity index (χ2n) is 5.97. The molecule has 0 atom stereocenters. The lowest BCUT2D eigenvalue weighted by Gasteiger charge is -2.15. The Morgan fingerprint density at radius 3 is 2.63 bits per heavy atom. The lowest BCUT2D eigenvalue weighted by molar-refractivity contribution is 0.0992. The SMILES string of the molecule is COc1ccc(C(=O)N(C)c2cn(Cc3cccc(Cl)c3)cn2)cc1OC. The number of hydrogen-bond donors (Lipinski definition) is 0. The predicted octanol–water partition coefficient (Wildman–Crippen LogP) is 3.88. The summed E-state index contributed by atoms with van der Waals surface area (Å²) in [6, 6.07) is 12.7. The quantitative estimate of drug-likeness (QED) is 0.646. The van der Waals surface area contributed by atoms with Gasteiger partial charge in [0.05, 0.1) is 20.5 Å². The summed E-state index contributed by atoms with van der Waals surface area (Å²) >= 11 is 6.03. The smallest absolute Gasteiger partial charge is 0.259 e. The van der Waals surface area contributed by atoms with E-state index < -0.39 is 0 Å². The highest BCUT2D eigenvalue weighted by molar-refractivity contribution is 6.30. The molecule has 1 heterocycles. The summed E-state index contributed by atoms with van der Waals surface area (Å²) in [5.41, 5.74) is 1.54. The molecule has 3 aromatic rings. The first-order chi connectivity index (χ1) is 13.0. The van der Waals surface area contributed by atoms with E-state index in [2.05, 4.69) is 4.98 Å². The third-order valence-electron chi connectivity index (χ3n) is 4.15. The fraction of sp³-hybridized carbons (Fsp3) is 0.200. The average molecular weight is 386 g/mol. The van der Waals surface area contributed by atoms with Crippen LogP contribution in [0.5, 0.6) is 11.5 Å². The minimum absolute atomic E-state index is 0.191. The van der Waals surface area contributed by atoms with Crippen LogP contribution in [0, 0.1) is 0 Å². The van der Waals surface area contributed by atoms with Crippen LogP contribution >= 0.6 is 11.6 Å². The number of imidazole rings is 1. The van der Waals surface area contributed by atoms with Gasteiger partial charge >= 0.3 is 0 Å².